The average molecular weight is 228 g/mol. The minimum absolute atomic E-state index is 0.0824. The zero-order valence-corrected chi connectivity index (χ0v) is 11.1. The topological polar surface area (TPSA) is 35.5 Å². The van der Waals surface area contributed by atoms with Crippen LogP contribution in [-0.2, 0) is 14.3 Å². The molecule has 1 aliphatic rings. The Balaban J connectivity index is 2.57. The molecule has 0 radical (unpaired) electrons. The van der Waals surface area contributed by atoms with E-state index in [1.54, 1.807) is 0 Å². The van der Waals surface area contributed by atoms with E-state index >= 15 is 0 Å². The van der Waals surface area contributed by atoms with Crippen molar-refractivity contribution in [3.63, 3.8) is 0 Å². The SMILES string of the molecule is CCOC(=O)CC1CC(C)(C)OC(C)(C)C1. The molecule has 0 aromatic rings. The summed E-state index contributed by atoms with van der Waals surface area (Å²) in [4.78, 5) is 11.5. The van der Waals surface area contributed by atoms with Crippen molar-refractivity contribution >= 4 is 5.97 Å². The standard InChI is InChI=1S/C13H24O3/c1-6-15-11(14)7-10-8-12(2,3)16-13(4,5)9-10/h10H,6-9H2,1-5H3. The number of hydrogen-bond acceptors (Lipinski definition) is 3. The largest absolute Gasteiger partial charge is 0.466 e. The first-order valence-corrected chi connectivity index (χ1v) is 6.10. The van der Waals surface area contributed by atoms with Crippen LogP contribution >= 0.6 is 0 Å². The van der Waals surface area contributed by atoms with Crippen LogP contribution in [0, 0.1) is 5.92 Å². The Labute approximate surface area is 98.5 Å². The molecule has 0 unspecified atom stereocenters. The molecule has 0 amide bonds. The summed E-state index contributed by atoms with van der Waals surface area (Å²) in [6, 6.07) is 0. The van der Waals surface area contributed by atoms with Crippen molar-refractivity contribution in [1.29, 1.82) is 0 Å². The highest BCUT2D eigenvalue weighted by molar-refractivity contribution is 5.69. The fraction of sp³-hybridized carbons (Fsp3) is 0.923. The quantitative estimate of drug-likeness (QED) is 0.697. The Morgan fingerprint density at radius 3 is 2.19 bits per heavy atom. The molecule has 1 heterocycles. The maximum absolute atomic E-state index is 11.5. The van der Waals surface area contributed by atoms with Crippen LogP contribution in [0.5, 0.6) is 0 Å². The van der Waals surface area contributed by atoms with Crippen LogP contribution in [0.15, 0.2) is 0 Å². The van der Waals surface area contributed by atoms with Gasteiger partial charge in [-0.3, -0.25) is 4.79 Å². The van der Waals surface area contributed by atoms with Crippen molar-refractivity contribution < 1.29 is 14.3 Å². The maximum Gasteiger partial charge on any atom is 0.306 e. The third-order valence-electron chi connectivity index (χ3n) is 2.87. The van der Waals surface area contributed by atoms with Gasteiger partial charge in [0.1, 0.15) is 0 Å². The molecule has 0 aliphatic carbocycles. The molecule has 1 aliphatic heterocycles. The number of esters is 1. The molecule has 0 atom stereocenters. The second-order valence-corrected chi connectivity index (χ2v) is 5.90. The molecule has 0 aromatic heterocycles. The van der Waals surface area contributed by atoms with E-state index in [0.717, 1.165) is 12.8 Å². The van der Waals surface area contributed by atoms with Crippen LogP contribution in [-0.4, -0.2) is 23.8 Å². The van der Waals surface area contributed by atoms with Gasteiger partial charge in [-0.2, -0.15) is 0 Å². The van der Waals surface area contributed by atoms with Crippen molar-refractivity contribution in [2.75, 3.05) is 6.61 Å². The molecule has 0 spiro atoms. The molecule has 94 valence electrons. The van der Waals surface area contributed by atoms with E-state index in [-0.39, 0.29) is 17.2 Å². The minimum atomic E-state index is -0.140. The van der Waals surface area contributed by atoms with Crippen LogP contribution in [0.3, 0.4) is 0 Å². The van der Waals surface area contributed by atoms with Gasteiger partial charge in [-0.05, 0) is 53.4 Å². The zero-order valence-electron chi connectivity index (χ0n) is 11.1. The number of ether oxygens (including phenoxy) is 2. The zero-order chi connectivity index (χ0) is 12.4. The van der Waals surface area contributed by atoms with Gasteiger partial charge in [0, 0.05) is 6.42 Å². The summed E-state index contributed by atoms with van der Waals surface area (Å²) in [5.41, 5.74) is -0.280. The Morgan fingerprint density at radius 1 is 1.25 bits per heavy atom. The summed E-state index contributed by atoms with van der Waals surface area (Å²) in [5, 5.41) is 0. The number of hydrogen-bond donors (Lipinski definition) is 0. The van der Waals surface area contributed by atoms with Crippen molar-refractivity contribution in [1.82, 2.24) is 0 Å². The summed E-state index contributed by atoms with van der Waals surface area (Å²) in [7, 11) is 0. The molecule has 16 heavy (non-hydrogen) atoms. The van der Waals surface area contributed by atoms with Crippen molar-refractivity contribution in [2.24, 2.45) is 5.92 Å². The maximum atomic E-state index is 11.5. The predicted molar refractivity (Wildman–Crippen MR) is 63.2 cm³/mol. The fourth-order valence-corrected chi connectivity index (χ4v) is 2.89. The molecule has 3 nitrogen and oxygen atoms in total. The van der Waals surface area contributed by atoms with Gasteiger partial charge in [-0.15, -0.1) is 0 Å². The van der Waals surface area contributed by atoms with Gasteiger partial charge in [0.2, 0.25) is 0 Å². The van der Waals surface area contributed by atoms with Crippen molar-refractivity contribution in [2.45, 2.75) is 65.1 Å². The Bertz CT molecular complexity index is 240. The average Bonchev–Trinajstić information content (AvgIpc) is 1.96. The van der Waals surface area contributed by atoms with E-state index in [0.29, 0.717) is 18.9 Å². The molecule has 0 N–H and O–H groups in total. The monoisotopic (exact) mass is 228 g/mol. The van der Waals surface area contributed by atoms with E-state index in [4.69, 9.17) is 9.47 Å². The number of carbonyl (C=O) groups excluding carboxylic acids is 1. The molecule has 1 fully saturated rings. The molecule has 1 saturated heterocycles. The van der Waals surface area contributed by atoms with E-state index < -0.39 is 0 Å². The van der Waals surface area contributed by atoms with Crippen molar-refractivity contribution in [3.8, 4) is 0 Å². The smallest absolute Gasteiger partial charge is 0.306 e. The first kappa shape index (κ1) is 13.5. The Morgan fingerprint density at radius 2 is 1.75 bits per heavy atom. The first-order chi connectivity index (χ1) is 7.24. The van der Waals surface area contributed by atoms with Gasteiger partial charge in [0.25, 0.3) is 0 Å². The summed E-state index contributed by atoms with van der Waals surface area (Å²) >= 11 is 0. The van der Waals surface area contributed by atoms with Crippen LogP contribution in [0.1, 0.15) is 53.9 Å². The third-order valence-corrected chi connectivity index (χ3v) is 2.87. The number of rotatable bonds is 3. The van der Waals surface area contributed by atoms with Crippen LogP contribution in [0.25, 0.3) is 0 Å². The van der Waals surface area contributed by atoms with Crippen LogP contribution in [0.2, 0.25) is 0 Å². The van der Waals surface area contributed by atoms with Gasteiger partial charge in [0.05, 0.1) is 17.8 Å². The molecular formula is C13H24O3. The summed E-state index contributed by atoms with van der Waals surface area (Å²) in [6.07, 6.45) is 2.37. The lowest BCUT2D eigenvalue weighted by molar-refractivity contribution is -0.177. The van der Waals surface area contributed by atoms with Crippen LogP contribution < -0.4 is 0 Å². The second kappa shape index (κ2) is 4.74. The second-order valence-electron chi connectivity index (χ2n) is 5.90. The van der Waals surface area contributed by atoms with E-state index in [1.165, 1.54) is 0 Å². The Kier molecular flexibility index (Phi) is 4.00. The predicted octanol–water partition coefficient (Wildman–Crippen LogP) is 2.92. The highest BCUT2D eigenvalue weighted by Crippen LogP contribution is 2.39. The van der Waals surface area contributed by atoms with Gasteiger partial charge in [-0.25, -0.2) is 0 Å². The summed E-state index contributed by atoms with van der Waals surface area (Å²) in [6.45, 7) is 10.7. The lowest BCUT2D eigenvalue weighted by Gasteiger charge is -2.45. The Hall–Kier alpha value is -0.570. The van der Waals surface area contributed by atoms with Gasteiger partial charge in [0.15, 0.2) is 0 Å². The molecule has 0 aromatic carbocycles. The summed E-state index contributed by atoms with van der Waals surface area (Å²) < 4.78 is 11.0. The molecular weight excluding hydrogens is 204 g/mol. The summed E-state index contributed by atoms with van der Waals surface area (Å²) in [5.74, 6) is 0.291. The highest BCUT2D eigenvalue weighted by Gasteiger charge is 2.39. The first-order valence-electron chi connectivity index (χ1n) is 6.10. The lowest BCUT2D eigenvalue weighted by Crippen LogP contribution is -2.45. The van der Waals surface area contributed by atoms with Gasteiger partial charge < -0.3 is 9.47 Å². The van der Waals surface area contributed by atoms with E-state index in [1.807, 2.05) is 6.92 Å². The van der Waals surface area contributed by atoms with Crippen LogP contribution in [0.4, 0.5) is 0 Å². The van der Waals surface area contributed by atoms with Gasteiger partial charge in [-0.1, -0.05) is 0 Å². The fourth-order valence-electron chi connectivity index (χ4n) is 2.89. The molecule has 1 rings (SSSR count). The van der Waals surface area contributed by atoms with Crippen molar-refractivity contribution in [3.05, 3.63) is 0 Å². The third kappa shape index (κ3) is 4.12. The van der Waals surface area contributed by atoms with Gasteiger partial charge >= 0.3 is 5.97 Å². The molecule has 3 heteroatoms. The van der Waals surface area contributed by atoms with E-state index in [9.17, 15) is 4.79 Å². The molecule has 0 saturated carbocycles. The highest BCUT2D eigenvalue weighted by atomic mass is 16.5. The molecule has 0 bridgehead atoms. The van der Waals surface area contributed by atoms with E-state index in [2.05, 4.69) is 27.7 Å². The number of carbonyl (C=O) groups is 1. The lowest BCUT2D eigenvalue weighted by atomic mass is 9.79. The normalized spacial score (nSPS) is 24.1. The minimum Gasteiger partial charge on any atom is -0.466 e.